The van der Waals surface area contributed by atoms with Gasteiger partial charge in [0.1, 0.15) is 6.04 Å². The molecule has 0 heterocycles. The first-order valence-corrected chi connectivity index (χ1v) is 6.08. The van der Waals surface area contributed by atoms with Crippen LogP contribution in [0.3, 0.4) is 0 Å². The molecule has 17 heavy (non-hydrogen) atoms. The minimum atomic E-state index is -0.568. The van der Waals surface area contributed by atoms with Crippen LogP contribution in [-0.4, -0.2) is 19.1 Å². The first-order valence-electron chi connectivity index (χ1n) is 6.08. The fourth-order valence-corrected chi connectivity index (χ4v) is 1.71. The van der Waals surface area contributed by atoms with E-state index in [0.717, 1.165) is 12.0 Å². The Morgan fingerprint density at radius 1 is 1.29 bits per heavy atom. The number of carbonyl (C=O) groups excluding carboxylic acids is 1. The van der Waals surface area contributed by atoms with Crippen molar-refractivity contribution in [2.45, 2.75) is 38.6 Å². The lowest BCUT2D eigenvalue weighted by Gasteiger charge is -2.09. The van der Waals surface area contributed by atoms with E-state index in [1.165, 1.54) is 25.5 Å². The second-order valence-electron chi connectivity index (χ2n) is 4.25. The third-order valence-corrected chi connectivity index (χ3v) is 2.80. The van der Waals surface area contributed by atoms with Crippen molar-refractivity contribution >= 4 is 5.97 Å². The lowest BCUT2D eigenvalue weighted by molar-refractivity contribution is -0.142. The number of ether oxygens (including phenoxy) is 1. The van der Waals surface area contributed by atoms with Gasteiger partial charge < -0.3 is 10.5 Å². The summed E-state index contributed by atoms with van der Waals surface area (Å²) < 4.78 is 4.60. The van der Waals surface area contributed by atoms with E-state index in [-0.39, 0.29) is 5.97 Å². The fourth-order valence-electron chi connectivity index (χ4n) is 1.71. The number of hydrogen-bond donors (Lipinski definition) is 1. The third-order valence-electron chi connectivity index (χ3n) is 2.80. The molecule has 0 fully saturated rings. The number of methoxy groups -OCH3 is 1. The van der Waals surface area contributed by atoms with Crippen LogP contribution in [0.15, 0.2) is 24.3 Å². The van der Waals surface area contributed by atoms with Crippen molar-refractivity contribution in [1.82, 2.24) is 0 Å². The van der Waals surface area contributed by atoms with Crippen molar-refractivity contribution in [3.63, 3.8) is 0 Å². The molecule has 1 aromatic carbocycles. The molecule has 0 radical (unpaired) electrons. The lowest BCUT2D eigenvalue weighted by Crippen LogP contribution is -2.33. The highest BCUT2D eigenvalue weighted by Gasteiger charge is 2.13. The Labute approximate surface area is 103 Å². The summed E-state index contributed by atoms with van der Waals surface area (Å²) in [6.45, 7) is 2.18. The minimum Gasteiger partial charge on any atom is -0.468 e. The van der Waals surface area contributed by atoms with Gasteiger partial charge in [-0.25, -0.2) is 0 Å². The van der Waals surface area contributed by atoms with Gasteiger partial charge in [0.05, 0.1) is 7.11 Å². The Morgan fingerprint density at radius 3 is 2.41 bits per heavy atom. The van der Waals surface area contributed by atoms with E-state index in [4.69, 9.17) is 5.73 Å². The number of benzene rings is 1. The molecule has 0 amide bonds. The van der Waals surface area contributed by atoms with Gasteiger partial charge in [0.15, 0.2) is 0 Å². The summed E-state index contributed by atoms with van der Waals surface area (Å²) in [6.07, 6.45) is 4.05. The van der Waals surface area contributed by atoms with Crippen LogP contribution in [0.25, 0.3) is 0 Å². The summed E-state index contributed by atoms with van der Waals surface area (Å²) in [5.74, 6) is -0.361. The smallest absolute Gasteiger partial charge is 0.322 e. The van der Waals surface area contributed by atoms with Crippen molar-refractivity contribution in [3.8, 4) is 0 Å². The zero-order valence-corrected chi connectivity index (χ0v) is 10.6. The molecule has 0 bridgehead atoms. The second kappa shape index (κ2) is 7.07. The van der Waals surface area contributed by atoms with E-state index >= 15 is 0 Å². The highest BCUT2D eigenvalue weighted by atomic mass is 16.5. The fraction of sp³-hybridized carbons (Fsp3) is 0.500. The van der Waals surface area contributed by atoms with Crippen LogP contribution in [0.2, 0.25) is 0 Å². The maximum absolute atomic E-state index is 11.2. The van der Waals surface area contributed by atoms with Crippen molar-refractivity contribution in [2.75, 3.05) is 7.11 Å². The van der Waals surface area contributed by atoms with Crippen LogP contribution in [0, 0.1) is 0 Å². The molecule has 3 nitrogen and oxygen atoms in total. The van der Waals surface area contributed by atoms with Crippen molar-refractivity contribution in [3.05, 3.63) is 35.4 Å². The third kappa shape index (κ3) is 4.57. The highest BCUT2D eigenvalue weighted by molar-refractivity contribution is 5.75. The molecule has 0 spiro atoms. The number of rotatable bonds is 6. The van der Waals surface area contributed by atoms with Gasteiger partial charge in [-0.1, -0.05) is 37.6 Å². The largest absolute Gasteiger partial charge is 0.468 e. The Balaban J connectivity index is 2.53. The molecular weight excluding hydrogens is 214 g/mol. The van der Waals surface area contributed by atoms with Gasteiger partial charge >= 0.3 is 5.97 Å². The molecule has 94 valence electrons. The summed E-state index contributed by atoms with van der Waals surface area (Å²) in [5.41, 5.74) is 8.11. The molecule has 1 unspecified atom stereocenters. The molecule has 2 N–H and O–H groups in total. The Morgan fingerprint density at radius 2 is 1.88 bits per heavy atom. The van der Waals surface area contributed by atoms with E-state index in [1.807, 2.05) is 12.1 Å². The van der Waals surface area contributed by atoms with Gasteiger partial charge in [0.25, 0.3) is 0 Å². The maximum atomic E-state index is 11.2. The molecule has 0 saturated heterocycles. The molecule has 3 heteroatoms. The first kappa shape index (κ1) is 13.7. The van der Waals surface area contributed by atoms with Crippen molar-refractivity contribution < 1.29 is 9.53 Å². The molecule has 1 atom stereocenters. The van der Waals surface area contributed by atoms with Crippen LogP contribution in [0.4, 0.5) is 0 Å². The SMILES string of the molecule is CCCCc1ccc(CC(N)C(=O)OC)cc1. The number of hydrogen-bond acceptors (Lipinski definition) is 3. The average Bonchev–Trinajstić information content (AvgIpc) is 2.37. The predicted molar refractivity (Wildman–Crippen MR) is 68.7 cm³/mol. The maximum Gasteiger partial charge on any atom is 0.322 e. The summed E-state index contributed by atoms with van der Waals surface area (Å²) in [5, 5.41) is 0. The van der Waals surface area contributed by atoms with Crippen LogP contribution in [-0.2, 0) is 22.4 Å². The topological polar surface area (TPSA) is 52.3 Å². The number of nitrogens with two attached hydrogens (primary N) is 1. The molecular formula is C14H21NO2. The number of aryl methyl sites for hydroxylation is 1. The Hall–Kier alpha value is -1.35. The number of carbonyl (C=O) groups is 1. The van der Waals surface area contributed by atoms with Gasteiger partial charge in [-0.3, -0.25) is 4.79 Å². The van der Waals surface area contributed by atoms with E-state index in [1.54, 1.807) is 0 Å². The van der Waals surface area contributed by atoms with Crippen LogP contribution in [0.5, 0.6) is 0 Å². The molecule has 0 aromatic heterocycles. The second-order valence-corrected chi connectivity index (χ2v) is 4.25. The van der Waals surface area contributed by atoms with E-state index in [9.17, 15) is 4.79 Å². The van der Waals surface area contributed by atoms with Crippen molar-refractivity contribution in [1.29, 1.82) is 0 Å². The van der Waals surface area contributed by atoms with Gasteiger partial charge in [-0.2, -0.15) is 0 Å². The zero-order valence-electron chi connectivity index (χ0n) is 10.6. The normalized spacial score (nSPS) is 12.2. The number of esters is 1. The van der Waals surface area contributed by atoms with Gasteiger partial charge in [-0.15, -0.1) is 0 Å². The molecule has 0 aliphatic carbocycles. The Bertz CT molecular complexity index is 346. The van der Waals surface area contributed by atoms with E-state index in [2.05, 4.69) is 23.8 Å². The standard InChI is InChI=1S/C14H21NO2/c1-3-4-5-11-6-8-12(9-7-11)10-13(15)14(16)17-2/h6-9,13H,3-5,10,15H2,1-2H3. The summed E-state index contributed by atoms with van der Waals surface area (Å²) in [7, 11) is 1.36. The van der Waals surface area contributed by atoms with E-state index in [0.29, 0.717) is 6.42 Å². The lowest BCUT2D eigenvalue weighted by atomic mass is 10.0. The predicted octanol–water partition coefficient (Wildman–Crippen LogP) is 2.07. The summed E-state index contributed by atoms with van der Waals surface area (Å²) >= 11 is 0. The molecule has 0 saturated carbocycles. The Kier molecular flexibility index (Phi) is 5.70. The monoisotopic (exact) mass is 235 g/mol. The van der Waals surface area contributed by atoms with Gasteiger partial charge in [0, 0.05) is 0 Å². The van der Waals surface area contributed by atoms with Gasteiger partial charge in [-0.05, 0) is 30.4 Å². The first-order chi connectivity index (χ1) is 8.17. The summed E-state index contributed by atoms with van der Waals surface area (Å²) in [4.78, 5) is 11.2. The van der Waals surface area contributed by atoms with Crippen LogP contribution in [0.1, 0.15) is 30.9 Å². The highest BCUT2D eigenvalue weighted by Crippen LogP contribution is 2.09. The van der Waals surface area contributed by atoms with Crippen molar-refractivity contribution in [2.24, 2.45) is 5.73 Å². The number of unbranched alkanes of at least 4 members (excludes halogenated alkanes) is 1. The molecule has 0 aliphatic heterocycles. The zero-order chi connectivity index (χ0) is 12.7. The van der Waals surface area contributed by atoms with Crippen LogP contribution >= 0.6 is 0 Å². The van der Waals surface area contributed by atoms with E-state index < -0.39 is 6.04 Å². The summed E-state index contributed by atoms with van der Waals surface area (Å²) in [6, 6.07) is 7.72. The minimum absolute atomic E-state index is 0.361. The van der Waals surface area contributed by atoms with Crippen LogP contribution < -0.4 is 5.73 Å². The molecule has 1 rings (SSSR count). The molecule has 1 aromatic rings. The quantitative estimate of drug-likeness (QED) is 0.768. The molecule has 0 aliphatic rings. The average molecular weight is 235 g/mol. The van der Waals surface area contributed by atoms with Gasteiger partial charge in [0.2, 0.25) is 0 Å².